The summed E-state index contributed by atoms with van der Waals surface area (Å²) in [6, 6.07) is 12.7. The van der Waals surface area contributed by atoms with Gasteiger partial charge < -0.3 is 15.4 Å². The quantitative estimate of drug-likeness (QED) is 0.414. The number of thiazole rings is 1. The number of carbonyl (C=O) groups excluding carboxylic acids is 2. The number of aromatic nitrogens is 1. The van der Waals surface area contributed by atoms with Crippen molar-refractivity contribution in [2.75, 3.05) is 0 Å². The molecule has 1 aromatic heterocycles. The molecule has 2 aromatic carbocycles. The van der Waals surface area contributed by atoms with E-state index in [2.05, 4.69) is 15.6 Å². The van der Waals surface area contributed by atoms with Crippen LogP contribution in [0.2, 0.25) is 10.0 Å². The smallest absolute Gasteiger partial charge is 0.270 e. The van der Waals surface area contributed by atoms with Crippen molar-refractivity contribution in [2.24, 2.45) is 0 Å². The third-order valence-electron chi connectivity index (χ3n) is 5.69. The molecule has 4 rings (SSSR count). The summed E-state index contributed by atoms with van der Waals surface area (Å²) in [5, 5.41) is 9.46. The Morgan fingerprint density at radius 3 is 2.18 bits per heavy atom. The monoisotopic (exact) mass is 517 g/mol. The van der Waals surface area contributed by atoms with Gasteiger partial charge in [0, 0.05) is 33.1 Å². The average Bonchev–Trinajstić information content (AvgIpc) is 3.29. The van der Waals surface area contributed by atoms with Gasteiger partial charge in [-0.1, -0.05) is 40.9 Å². The van der Waals surface area contributed by atoms with Crippen molar-refractivity contribution < 1.29 is 14.3 Å². The number of nitrogens with one attached hydrogen (secondary N) is 2. The van der Waals surface area contributed by atoms with Crippen molar-refractivity contribution in [2.45, 2.75) is 51.3 Å². The van der Waals surface area contributed by atoms with E-state index in [0.29, 0.717) is 27.9 Å². The van der Waals surface area contributed by atoms with Gasteiger partial charge >= 0.3 is 0 Å². The van der Waals surface area contributed by atoms with Crippen molar-refractivity contribution in [3.8, 4) is 5.75 Å². The SMILES string of the molecule is Cc1ccc(OCc2nc(C(=O)NC3CCC(NC(=O)c4cc(Cl)cc(Cl)c4)CC3)cs2)cc1. The average molecular weight is 518 g/mol. The van der Waals surface area contributed by atoms with E-state index in [0.717, 1.165) is 36.4 Å². The summed E-state index contributed by atoms with van der Waals surface area (Å²) in [6.07, 6.45) is 3.11. The van der Waals surface area contributed by atoms with Crippen molar-refractivity contribution in [3.63, 3.8) is 0 Å². The first kappa shape index (κ1) is 24.5. The number of benzene rings is 2. The lowest BCUT2D eigenvalue weighted by molar-refractivity contribution is 0.0889. The van der Waals surface area contributed by atoms with Crippen LogP contribution in [-0.2, 0) is 6.61 Å². The van der Waals surface area contributed by atoms with E-state index in [1.165, 1.54) is 16.9 Å². The highest BCUT2D eigenvalue weighted by Gasteiger charge is 2.25. The van der Waals surface area contributed by atoms with E-state index in [9.17, 15) is 9.59 Å². The van der Waals surface area contributed by atoms with Gasteiger partial charge in [0.2, 0.25) is 0 Å². The van der Waals surface area contributed by atoms with Gasteiger partial charge in [0.1, 0.15) is 23.1 Å². The lowest BCUT2D eigenvalue weighted by Crippen LogP contribution is -2.43. The van der Waals surface area contributed by atoms with Crippen LogP contribution < -0.4 is 15.4 Å². The van der Waals surface area contributed by atoms with Crippen LogP contribution in [0.5, 0.6) is 5.75 Å². The Balaban J connectivity index is 1.22. The number of ether oxygens (including phenoxy) is 1. The highest BCUT2D eigenvalue weighted by molar-refractivity contribution is 7.09. The van der Waals surface area contributed by atoms with Gasteiger partial charge in [-0.05, 0) is 62.9 Å². The van der Waals surface area contributed by atoms with Crippen LogP contribution in [0.3, 0.4) is 0 Å². The number of carbonyl (C=O) groups is 2. The molecule has 9 heteroatoms. The number of hydrogen-bond acceptors (Lipinski definition) is 5. The van der Waals surface area contributed by atoms with E-state index in [1.807, 2.05) is 31.2 Å². The second-order valence-electron chi connectivity index (χ2n) is 8.38. The molecular formula is C25H25Cl2N3O3S. The molecule has 34 heavy (non-hydrogen) atoms. The van der Waals surface area contributed by atoms with Gasteiger partial charge in [-0.15, -0.1) is 11.3 Å². The third-order valence-corrected chi connectivity index (χ3v) is 6.95. The molecular weight excluding hydrogens is 493 g/mol. The lowest BCUT2D eigenvalue weighted by atomic mass is 9.91. The number of rotatable bonds is 7. The van der Waals surface area contributed by atoms with Crippen LogP contribution in [0.1, 0.15) is 57.1 Å². The normalized spacial score (nSPS) is 17.7. The third kappa shape index (κ3) is 6.72. The molecule has 1 fully saturated rings. The molecule has 0 aliphatic heterocycles. The van der Waals surface area contributed by atoms with Gasteiger partial charge in [0.05, 0.1) is 0 Å². The summed E-state index contributed by atoms with van der Waals surface area (Å²) >= 11 is 13.4. The summed E-state index contributed by atoms with van der Waals surface area (Å²) in [7, 11) is 0. The molecule has 1 heterocycles. The largest absolute Gasteiger partial charge is 0.486 e. The minimum atomic E-state index is -0.195. The second-order valence-corrected chi connectivity index (χ2v) is 10.2. The van der Waals surface area contributed by atoms with E-state index < -0.39 is 0 Å². The van der Waals surface area contributed by atoms with Crippen molar-refractivity contribution >= 4 is 46.4 Å². The molecule has 0 atom stereocenters. The van der Waals surface area contributed by atoms with Gasteiger partial charge in [0.15, 0.2) is 0 Å². The Labute approximate surface area is 212 Å². The molecule has 0 radical (unpaired) electrons. The Morgan fingerprint density at radius 1 is 0.971 bits per heavy atom. The molecule has 2 N–H and O–H groups in total. The summed E-state index contributed by atoms with van der Waals surface area (Å²) in [4.78, 5) is 29.6. The molecule has 1 aliphatic carbocycles. The fraction of sp³-hybridized carbons (Fsp3) is 0.320. The molecule has 0 bridgehead atoms. The number of amides is 2. The van der Waals surface area contributed by atoms with E-state index in [-0.39, 0.29) is 23.9 Å². The fourth-order valence-electron chi connectivity index (χ4n) is 3.86. The van der Waals surface area contributed by atoms with Crippen LogP contribution in [0.25, 0.3) is 0 Å². The molecule has 6 nitrogen and oxygen atoms in total. The van der Waals surface area contributed by atoms with Crippen LogP contribution in [-0.4, -0.2) is 28.9 Å². The maximum absolute atomic E-state index is 12.6. The predicted molar refractivity (Wildman–Crippen MR) is 135 cm³/mol. The zero-order valence-electron chi connectivity index (χ0n) is 18.6. The zero-order chi connectivity index (χ0) is 24.1. The first-order chi connectivity index (χ1) is 16.4. The number of hydrogen-bond donors (Lipinski definition) is 2. The number of halogens is 2. The maximum Gasteiger partial charge on any atom is 0.270 e. The zero-order valence-corrected chi connectivity index (χ0v) is 21.0. The van der Waals surface area contributed by atoms with Crippen molar-refractivity contribution in [1.29, 1.82) is 0 Å². The van der Waals surface area contributed by atoms with Crippen LogP contribution in [0, 0.1) is 6.92 Å². The van der Waals surface area contributed by atoms with E-state index in [1.54, 1.807) is 23.6 Å². The van der Waals surface area contributed by atoms with Crippen LogP contribution >= 0.6 is 34.5 Å². The first-order valence-electron chi connectivity index (χ1n) is 11.1. The lowest BCUT2D eigenvalue weighted by Gasteiger charge is -2.29. The minimum Gasteiger partial charge on any atom is -0.486 e. The molecule has 2 amide bonds. The Bertz CT molecular complexity index is 1140. The second kappa shape index (κ2) is 11.2. The molecule has 0 spiro atoms. The van der Waals surface area contributed by atoms with Gasteiger partial charge in [-0.25, -0.2) is 4.98 Å². The van der Waals surface area contributed by atoms with Crippen molar-refractivity contribution in [3.05, 3.63) is 79.7 Å². The number of nitrogens with zero attached hydrogens (tertiary/aromatic N) is 1. The summed E-state index contributed by atoms with van der Waals surface area (Å²) in [6.45, 7) is 2.35. The standard InChI is InChI=1S/C25H25Cl2N3O3S/c1-15-2-8-21(9-3-15)33-13-23-30-22(14-34-23)25(32)29-20-6-4-19(5-7-20)28-24(31)16-10-17(26)12-18(27)11-16/h2-3,8-12,14,19-20H,4-7,13H2,1H3,(H,28,31)(H,29,32). The molecule has 1 aliphatic rings. The van der Waals surface area contributed by atoms with Gasteiger partial charge in [-0.3, -0.25) is 9.59 Å². The first-order valence-corrected chi connectivity index (χ1v) is 12.7. The van der Waals surface area contributed by atoms with Crippen LogP contribution in [0.15, 0.2) is 47.8 Å². The Morgan fingerprint density at radius 2 is 1.56 bits per heavy atom. The molecule has 3 aromatic rings. The summed E-state index contributed by atoms with van der Waals surface area (Å²) in [5.41, 5.74) is 2.02. The van der Waals surface area contributed by atoms with E-state index in [4.69, 9.17) is 27.9 Å². The molecule has 0 saturated heterocycles. The highest BCUT2D eigenvalue weighted by atomic mass is 35.5. The Hall–Kier alpha value is -2.61. The molecule has 1 saturated carbocycles. The van der Waals surface area contributed by atoms with Gasteiger partial charge in [-0.2, -0.15) is 0 Å². The highest BCUT2D eigenvalue weighted by Crippen LogP contribution is 2.22. The van der Waals surface area contributed by atoms with E-state index >= 15 is 0 Å². The Kier molecular flexibility index (Phi) is 8.08. The topological polar surface area (TPSA) is 80.3 Å². The maximum atomic E-state index is 12.6. The van der Waals surface area contributed by atoms with Crippen molar-refractivity contribution in [1.82, 2.24) is 15.6 Å². The molecule has 0 unspecified atom stereocenters. The summed E-state index contributed by atoms with van der Waals surface area (Å²) < 4.78 is 5.75. The number of aryl methyl sites for hydroxylation is 1. The summed E-state index contributed by atoms with van der Waals surface area (Å²) in [5.74, 6) is 0.396. The fourth-order valence-corrected chi connectivity index (χ4v) is 5.07. The van der Waals surface area contributed by atoms with Crippen LogP contribution in [0.4, 0.5) is 0 Å². The van der Waals surface area contributed by atoms with Gasteiger partial charge in [0.25, 0.3) is 11.8 Å². The molecule has 178 valence electrons. The minimum absolute atomic E-state index is 0.0446. The predicted octanol–water partition coefficient (Wildman–Crippen LogP) is 5.81.